The first-order valence-electron chi connectivity index (χ1n) is 6.55. The second-order valence-corrected chi connectivity index (χ2v) is 5.06. The molecule has 7 heteroatoms. The minimum absolute atomic E-state index is 0.00588. The van der Waals surface area contributed by atoms with Crippen LogP contribution in [0.2, 0.25) is 0 Å². The van der Waals surface area contributed by atoms with Crippen LogP contribution in [0.25, 0.3) is 0 Å². The Kier molecular flexibility index (Phi) is 4.37. The Balaban J connectivity index is 1.92. The number of carbonyl (C=O) groups is 1. The number of aromatic nitrogens is 1. The van der Waals surface area contributed by atoms with E-state index in [-0.39, 0.29) is 12.6 Å². The molecule has 0 aromatic carbocycles. The Morgan fingerprint density at radius 2 is 2.25 bits per heavy atom. The van der Waals surface area contributed by atoms with E-state index in [1.165, 1.54) is 0 Å². The van der Waals surface area contributed by atoms with Crippen molar-refractivity contribution in [3.05, 3.63) is 24.0 Å². The van der Waals surface area contributed by atoms with Gasteiger partial charge in [0.15, 0.2) is 0 Å². The van der Waals surface area contributed by atoms with E-state index in [1.54, 1.807) is 0 Å². The van der Waals surface area contributed by atoms with Crippen LogP contribution in [0.15, 0.2) is 18.3 Å². The lowest BCUT2D eigenvalue weighted by Gasteiger charge is -2.24. The van der Waals surface area contributed by atoms with Gasteiger partial charge in [-0.3, -0.25) is 9.69 Å². The molecular formula is C13H18F3N3O. The van der Waals surface area contributed by atoms with Gasteiger partial charge in [0.05, 0.1) is 12.6 Å². The molecule has 1 aromatic heterocycles. The summed E-state index contributed by atoms with van der Waals surface area (Å²) in [5.74, 6) is -0.580. The number of hydrogen-bond donors (Lipinski definition) is 1. The third-order valence-corrected chi connectivity index (χ3v) is 3.52. The highest BCUT2D eigenvalue weighted by Crippen LogP contribution is 2.31. The van der Waals surface area contributed by atoms with Gasteiger partial charge in [-0.05, 0) is 31.5 Å². The van der Waals surface area contributed by atoms with Crippen LogP contribution < -0.4 is 5.32 Å². The highest BCUT2D eigenvalue weighted by molar-refractivity contribution is 5.78. The lowest BCUT2D eigenvalue weighted by molar-refractivity contribution is -0.139. The lowest BCUT2D eigenvalue weighted by Crippen LogP contribution is -2.41. The maximum Gasteiger partial charge on any atom is 0.405 e. The molecule has 1 atom stereocenters. The molecule has 1 saturated heterocycles. The van der Waals surface area contributed by atoms with Crippen molar-refractivity contribution in [1.29, 1.82) is 0 Å². The van der Waals surface area contributed by atoms with Gasteiger partial charge in [-0.25, -0.2) is 0 Å². The molecule has 4 nitrogen and oxygen atoms in total. The minimum Gasteiger partial charge on any atom is -0.353 e. The van der Waals surface area contributed by atoms with Gasteiger partial charge in [0, 0.05) is 18.9 Å². The predicted molar refractivity (Wildman–Crippen MR) is 68.0 cm³/mol. The smallest absolute Gasteiger partial charge is 0.353 e. The predicted octanol–water partition coefficient (Wildman–Crippen LogP) is 1.84. The zero-order valence-corrected chi connectivity index (χ0v) is 11.3. The maximum absolute atomic E-state index is 12.1. The Morgan fingerprint density at radius 3 is 2.85 bits per heavy atom. The van der Waals surface area contributed by atoms with Crippen molar-refractivity contribution in [1.82, 2.24) is 14.8 Å². The van der Waals surface area contributed by atoms with Crippen LogP contribution in [-0.2, 0) is 11.8 Å². The van der Waals surface area contributed by atoms with Crippen molar-refractivity contribution in [2.24, 2.45) is 7.05 Å². The van der Waals surface area contributed by atoms with Crippen molar-refractivity contribution in [2.45, 2.75) is 25.1 Å². The van der Waals surface area contributed by atoms with Crippen LogP contribution in [0, 0.1) is 0 Å². The Bertz CT molecular complexity index is 470. The van der Waals surface area contributed by atoms with Gasteiger partial charge in [-0.2, -0.15) is 13.2 Å². The number of amides is 1. The maximum atomic E-state index is 12.1. The number of rotatable bonds is 4. The average Bonchev–Trinajstić information content (AvgIpc) is 2.94. The van der Waals surface area contributed by atoms with Crippen LogP contribution in [0.4, 0.5) is 13.2 Å². The molecule has 1 N–H and O–H groups in total. The SMILES string of the molecule is Cn1cccc1[C@H]1CCCN1CC(=O)NCC(F)(F)F. The first kappa shape index (κ1) is 14.9. The quantitative estimate of drug-likeness (QED) is 0.918. The molecule has 0 aliphatic carbocycles. The van der Waals surface area contributed by atoms with Gasteiger partial charge in [0.2, 0.25) is 5.91 Å². The summed E-state index contributed by atoms with van der Waals surface area (Å²) in [5.41, 5.74) is 1.09. The molecule has 0 radical (unpaired) electrons. The number of halogens is 3. The Morgan fingerprint density at radius 1 is 1.50 bits per heavy atom. The summed E-state index contributed by atoms with van der Waals surface area (Å²) in [7, 11) is 1.93. The number of likely N-dealkylation sites (tertiary alicyclic amines) is 1. The van der Waals surface area contributed by atoms with Crippen LogP contribution in [0.3, 0.4) is 0 Å². The molecule has 0 bridgehead atoms. The normalized spacial score (nSPS) is 20.3. The van der Waals surface area contributed by atoms with Gasteiger partial charge < -0.3 is 9.88 Å². The van der Waals surface area contributed by atoms with Gasteiger partial charge in [0.25, 0.3) is 0 Å². The molecule has 0 unspecified atom stereocenters. The standard InChI is InChI=1S/C13H18F3N3O/c1-18-6-2-4-10(18)11-5-3-7-19(11)8-12(20)17-9-13(14,15)16/h2,4,6,11H,3,5,7-9H2,1H3,(H,17,20)/t11-/m1/s1. The molecule has 0 saturated carbocycles. The molecule has 112 valence electrons. The van der Waals surface area contributed by atoms with Crippen LogP contribution in [0.1, 0.15) is 24.6 Å². The number of aryl methyl sites for hydroxylation is 1. The lowest BCUT2D eigenvalue weighted by atomic mass is 10.1. The molecule has 2 rings (SSSR count). The van der Waals surface area contributed by atoms with E-state index in [2.05, 4.69) is 0 Å². The second-order valence-electron chi connectivity index (χ2n) is 5.06. The molecule has 1 aromatic rings. The monoisotopic (exact) mass is 289 g/mol. The van der Waals surface area contributed by atoms with E-state index in [0.717, 1.165) is 25.1 Å². The van der Waals surface area contributed by atoms with E-state index >= 15 is 0 Å². The fourth-order valence-electron chi connectivity index (χ4n) is 2.61. The number of nitrogens with zero attached hydrogens (tertiary/aromatic N) is 2. The third-order valence-electron chi connectivity index (χ3n) is 3.52. The number of hydrogen-bond acceptors (Lipinski definition) is 2. The van der Waals surface area contributed by atoms with Gasteiger partial charge in [-0.1, -0.05) is 0 Å². The average molecular weight is 289 g/mol. The zero-order chi connectivity index (χ0) is 14.8. The highest BCUT2D eigenvalue weighted by atomic mass is 19.4. The van der Waals surface area contributed by atoms with Crippen molar-refractivity contribution in [2.75, 3.05) is 19.6 Å². The topological polar surface area (TPSA) is 37.3 Å². The molecule has 2 heterocycles. The second kappa shape index (κ2) is 5.87. The Hall–Kier alpha value is -1.50. The van der Waals surface area contributed by atoms with Crippen LogP contribution in [-0.4, -0.2) is 41.2 Å². The van der Waals surface area contributed by atoms with E-state index in [0.29, 0.717) is 0 Å². The largest absolute Gasteiger partial charge is 0.405 e. The van der Waals surface area contributed by atoms with Crippen LogP contribution in [0.5, 0.6) is 0 Å². The van der Waals surface area contributed by atoms with Crippen molar-refractivity contribution in [3.63, 3.8) is 0 Å². The molecule has 20 heavy (non-hydrogen) atoms. The summed E-state index contributed by atoms with van der Waals surface area (Å²) in [6, 6.07) is 4.01. The van der Waals surface area contributed by atoms with E-state index in [4.69, 9.17) is 0 Å². The van der Waals surface area contributed by atoms with Crippen molar-refractivity contribution >= 4 is 5.91 Å². The van der Waals surface area contributed by atoms with Crippen LogP contribution >= 0.6 is 0 Å². The minimum atomic E-state index is -4.36. The summed E-state index contributed by atoms with van der Waals surface area (Å²) in [5, 5.41) is 1.92. The third kappa shape index (κ3) is 3.75. The number of nitrogens with one attached hydrogen (secondary N) is 1. The van der Waals surface area contributed by atoms with Gasteiger partial charge in [0.1, 0.15) is 6.54 Å². The molecular weight excluding hydrogens is 271 g/mol. The molecule has 0 spiro atoms. The van der Waals surface area contributed by atoms with E-state index < -0.39 is 18.6 Å². The first-order valence-corrected chi connectivity index (χ1v) is 6.55. The fourth-order valence-corrected chi connectivity index (χ4v) is 2.61. The Labute approximate surface area is 115 Å². The van der Waals surface area contributed by atoms with Crippen molar-refractivity contribution < 1.29 is 18.0 Å². The molecule has 1 aliphatic heterocycles. The number of carbonyl (C=O) groups excluding carboxylic acids is 1. The molecule has 1 amide bonds. The van der Waals surface area contributed by atoms with Gasteiger partial charge in [-0.15, -0.1) is 0 Å². The van der Waals surface area contributed by atoms with E-state index in [9.17, 15) is 18.0 Å². The zero-order valence-electron chi connectivity index (χ0n) is 11.3. The summed E-state index contributed by atoms with van der Waals surface area (Å²) in [6.45, 7) is -0.532. The van der Waals surface area contributed by atoms with E-state index in [1.807, 2.05) is 40.2 Å². The van der Waals surface area contributed by atoms with Crippen molar-refractivity contribution in [3.8, 4) is 0 Å². The first-order chi connectivity index (χ1) is 9.37. The summed E-state index contributed by atoms with van der Waals surface area (Å²) in [6.07, 6.45) is -0.569. The summed E-state index contributed by atoms with van der Waals surface area (Å²) < 4.78 is 38.1. The summed E-state index contributed by atoms with van der Waals surface area (Å²) >= 11 is 0. The summed E-state index contributed by atoms with van der Waals surface area (Å²) in [4.78, 5) is 13.5. The highest BCUT2D eigenvalue weighted by Gasteiger charge is 2.31. The molecule has 1 aliphatic rings. The fraction of sp³-hybridized carbons (Fsp3) is 0.615. The van der Waals surface area contributed by atoms with Gasteiger partial charge >= 0.3 is 6.18 Å². The molecule has 1 fully saturated rings. The number of alkyl halides is 3.